The molecule has 21 heavy (non-hydrogen) atoms. The number of nitrogens with zero attached hydrogens (tertiary/aromatic N) is 2. The van der Waals surface area contributed by atoms with Gasteiger partial charge in [-0.05, 0) is 29.4 Å². The number of anilines is 1. The second kappa shape index (κ2) is 6.53. The maximum atomic E-state index is 6.45. The van der Waals surface area contributed by atoms with Crippen LogP contribution in [0.4, 0.5) is 5.82 Å². The van der Waals surface area contributed by atoms with Crippen molar-refractivity contribution in [1.29, 1.82) is 0 Å². The molecule has 1 atom stereocenters. The van der Waals surface area contributed by atoms with Crippen LogP contribution < -0.4 is 10.2 Å². The summed E-state index contributed by atoms with van der Waals surface area (Å²) in [5, 5.41) is 4.16. The average molecular weight is 310 g/mol. The molecular weight excluding hydrogens is 282 g/mol. The summed E-state index contributed by atoms with van der Waals surface area (Å²) in [6.07, 6.45) is 3.17. The lowest BCUT2D eigenvalue weighted by Gasteiger charge is -2.27. The van der Waals surface area contributed by atoms with Crippen LogP contribution in [0.1, 0.15) is 46.6 Å². The molecule has 0 spiro atoms. The summed E-state index contributed by atoms with van der Waals surface area (Å²) in [5.41, 5.74) is 1.49. The van der Waals surface area contributed by atoms with Crippen LogP contribution in [0.2, 0.25) is 5.02 Å². The van der Waals surface area contributed by atoms with Gasteiger partial charge in [-0.2, -0.15) is 0 Å². The fraction of sp³-hybridized carbons (Fsp3) is 0.706. The van der Waals surface area contributed by atoms with E-state index in [9.17, 15) is 0 Å². The van der Waals surface area contributed by atoms with Crippen molar-refractivity contribution in [1.82, 2.24) is 10.3 Å². The minimum atomic E-state index is 0.350. The number of hydrogen-bond donors (Lipinski definition) is 1. The molecule has 0 saturated carbocycles. The lowest BCUT2D eigenvalue weighted by atomic mass is 9.80. The summed E-state index contributed by atoms with van der Waals surface area (Å²) in [7, 11) is 0. The number of halogens is 1. The molecule has 1 N–H and O–H groups in total. The van der Waals surface area contributed by atoms with Gasteiger partial charge >= 0.3 is 0 Å². The van der Waals surface area contributed by atoms with Crippen molar-refractivity contribution >= 4 is 17.4 Å². The first-order valence-electron chi connectivity index (χ1n) is 7.90. The Labute approximate surface area is 134 Å². The summed E-state index contributed by atoms with van der Waals surface area (Å²) in [4.78, 5) is 6.94. The standard InChI is InChI=1S/C17H28ClN3/c1-12(2)19-9-13-8-15(18)16(20-10-13)21-7-6-14(11-21)17(3,4)5/h8,10,12,14,19H,6-7,9,11H2,1-5H3. The Kier molecular flexibility index (Phi) is 5.15. The van der Waals surface area contributed by atoms with Crippen LogP contribution in [0.5, 0.6) is 0 Å². The molecular formula is C17H28ClN3. The summed E-state index contributed by atoms with van der Waals surface area (Å²) < 4.78 is 0. The van der Waals surface area contributed by atoms with Crippen LogP contribution in [0.25, 0.3) is 0 Å². The molecule has 0 radical (unpaired) electrons. The van der Waals surface area contributed by atoms with E-state index in [0.717, 1.165) is 36.0 Å². The van der Waals surface area contributed by atoms with Gasteiger partial charge in [-0.3, -0.25) is 0 Å². The molecule has 2 rings (SSSR count). The molecule has 118 valence electrons. The lowest BCUT2D eigenvalue weighted by molar-refractivity contribution is 0.263. The normalized spacial score (nSPS) is 19.6. The summed E-state index contributed by atoms with van der Waals surface area (Å²) >= 11 is 6.45. The van der Waals surface area contributed by atoms with Crippen molar-refractivity contribution in [3.8, 4) is 0 Å². The second-order valence-corrected chi connectivity index (χ2v) is 7.89. The number of hydrogen-bond acceptors (Lipinski definition) is 3. The maximum Gasteiger partial charge on any atom is 0.147 e. The van der Waals surface area contributed by atoms with E-state index in [1.807, 2.05) is 12.3 Å². The zero-order chi connectivity index (χ0) is 15.6. The molecule has 4 heteroatoms. The second-order valence-electron chi connectivity index (χ2n) is 7.48. The van der Waals surface area contributed by atoms with Gasteiger partial charge in [0, 0.05) is 31.9 Å². The first-order chi connectivity index (χ1) is 9.77. The molecule has 3 nitrogen and oxygen atoms in total. The highest BCUT2D eigenvalue weighted by atomic mass is 35.5. The van der Waals surface area contributed by atoms with Gasteiger partial charge < -0.3 is 10.2 Å². The monoisotopic (exact) mass is 309 g/mol. The van der Waals surface area contributed by atoms with Crippen LogP contribution in [0, 0.1) is 11.3 Å². The van der Waals surface area contributed by atoms with E-state index in [4.69, 9.17) is 11.6 Å². The van der Waals surface area contributed by atoms with Gasteiger partial charge in [0.1, 0.15) is 5.82 Å². The van der Waals surface area contributed by atoms with Gasteiger partial charge in [-0.1, -0.05) is 46.2 Å². The Morgan fingerprint density at radius 3 is 2.67 bits per heavy atom. The van der Waals surface area contributed by atoms with Gasteiger partial charge in [0.2, 0.25) is 0 Å². The highest BCUT2D eigenvalue weighted by molar-refractivity contribution is 6.33. The highest BCUT2D eigenvalue weighted by Gasteiger charge is 2.32. The number of aromatic nitrogens is 1. The minimum Gasteiger partial charge on any atom is -0.355 e. The molecule has 0 amide bonds. The maximum absolute atomic E-state index is 6.45. The fourth-order valence-electron chi connectivity index (χ4n) is 2.78. The van der Waals surface area contributed by atoms with Gasteiger partial charge in [0.15, 0.2) is 0 Å². The first-order valence-corrected chi connectivity index (χ1v) is 8.28. The Morgan fingerprint density at radius 1 is 1.43 bits per heavy atom. The molecule has 0 aliphatic carbocycles. The van der Waals surface area contributed by atoms with E-state index in [1.165, 1.54) is 6.42 Å². The van der Waals surface area contributed by atoms with E-state index in [1.54, 1.807) is 0 Å². The molecule has 0 bridgehead atoms. The summed E-state index contributed by atoms with van der Waals surface area (Å²) in [6, 6.07) is 2.51. The van der Waals surface area contributed by atoms with Crippen LogP contribution in [0.15, 0.2) is 12.3 Å². The lowest BCUT2D eigenvalue weighted by Crippen LogP contribution is -2.26. The van der Waals surface area contributed by atoms with Crippen LogP contribution in [0.3, 0.4) is 0 Å². The number of nitrogens with one attached hydrogen (secondary N) is 1. The zero-order valence-electron chi connectivity index (χ0n) is 13.9. The zero-order valence-corrected chi connectivity index (χ0v) is 14.7. The van der Waals surface area contributed by atoms with Crippen LogP contribution >= 0.6 is 11.6 Å². The third-order valence-electron chi connectivity index (χ3n) is 4.31. The van der Waals surface area contributed by atoms with Crippen molar-refractivity contribution in [2.45, 2.75) is 53.6 Å². The molecule has 1 aliphatic rings. The molecule has 1 aromatic rings. The SMILES string of the molecule is CC(C)NCc1cnc(N2CCC(C(C)(C)C)C2)c(Cl)c1. The predicted octanol–water partition coefficient (Wildman–Crippen LogP) is 4.11. The third-order valence-corrected chi connectivity index (χ3v) is 4.58. The Morgan fingerprint density at radius 2 is 2.14 bits per heavy atom. The van der Waals surface area contributed by atoms with Crippen molar-refractivity contribution in [3.63, 3.8) is 0 Å². The van der Waals surface area contributed by atoms with Gasteiger partial charge in [-0.15, -0.1) is 0 Å². The van der Waals surface area contributed by atoms with Gasteiger partial charge in [0.25, 0.3) is 0 Å². The van der Waals surface area contributed by atoms with Crippen molar-refractivity contribution < 1.29 is 0 Å². The molecule has 2 heterocycles. The van der Waals surface area contributed by atoms with Crippen molar-refractivity contribution in [2.24, 2.45) is 11.3 Å². The third kappa shape index (κ3) is 4.33. The minimum absolute atomic E-state index is 0.350. The largest absolute Gasteiger partial charge is 0.355 e. The quantitative estimate of drug-likeness (QED) is 0.907. The van der Waals surface area contributed by atoms with E-state index < -0.39 is 0 Å². The van der Waals surface area contributed by atoms with Crippen molar-refractivity contribution in [2.75, 3.05) is 18.0 Å². The van der Waals surface area contributed by atoms with E-state index in [-0.39, 0.29) is 0 Å². The van der Waals surface area contributed by atoms with E-state index in [2.05, 4.69) is 49.8 Å². The van der Waals surface area contributed by atoms with E-state index >= 15 is 0 Å². The Balaban J connectivity index is 2.05. The topological polar surface area (TPSA) is 28.2 Å². The summed E-state index contributed by atoms with van der Waals surface area (Å²) in [6.45, 7) is 14.2. The van der Waals surface area contributed by atoms with Gasteiger partial charge in [-0.25, -0.2) is 4.98 Å². The van der Waals surface area contributed by atoms with Crippen LogP contribution in [-0.2, 0) is 6.54 Å². The molecule has 1 fully saturated rings. The molecule has 0 aromatic carbocycles. The van der Waals surface area contributed by atoms with Crippen LogP contribution in [-0.4, -0.2) is 24.1 Å². The Hall–Kier alpha value is -0.800. The Bertz CT molecular complexity index is 479. The fourth-order valence-corrected chi connectivity index (χ4v) is 3.09. The number of pyridine rings is 1. The molecule has 1 aliphatic heterocycles. The summed E-state index contributed by atoms with van der Waals surface area (Å²) in [5.74, 6) is 1.65. The van der Waals surface area contributed by atoms with Gasteiger partial charge in [0.05, 0.1) is 5.02 Å². The molecule has 1 unspecified atom stereocenters. The number of rotatable bonds is 4. The molecule has 1 saturated heterocycles. The molecule has 1 aromatic heterocycles. The van der Waals surface area contributed by atoms with Crippen molar-refractivity contribution in [3.05, 3.63) is 22.8 Å². The highest BCUT2D eigenvalue weighted by Crippen LogP contribution is 2.36. The predicted molar refractivity (Wildman–Crippen MR) is 91.0 cm³/mol. The smallest absolute Gasteiger partial charge is 0.147 e. The average Bonchev–Trinajstić information content (AvgIpc) is 2.85. The van der Waals surface area contributed by atoms with E-state index in [0.29, 0.717) is 17.4 Å². The first kappa shape index (κ1) is 16.6.